The molecule has 0 aliphatic carbocycles. The molecule has 0 radical (unpaired) electrons. The van der Waals surface area contributed by atoms with Gasteiger partial charge in [0.2, 0.25) is 0 Å². The second kappa shape index (κ2) is 6.23. The SMILES string of the molecule is Cc1cc(C(=O)CN2C(=O)NC(c3ccccc3)C2=O)ccc1F. The summed E-state index contributed by atoms with van der Waals surface area (Å²) >= 11 is 0. The lowest BCUT2D eigenvalue weighted by molar-refractivity contribution is -0.127. The zero-order valence-corrected chi connectivity index (χ0v) is 13.0. The maximum absolute atomic E-state index is 13.3. The number of aryl methyl sites for hydroxylation is 1. The Bertz CT molecular complexity index is 820. The zero-order valence-electron chi connectivity index (χ0n) is 13.0. The molecule has 24 heavy (non-hydrogen) atoms. The van der Waals surface area contributed by atoms with E-state index < -0.39 is 29.6 Å². The Morgan fingerprint density at radius 3 is 2.54 bits per heavy atom. The van der Waals surface area contributed by atoms with E-state index in [-0.39, 0.29) is 12.1 Å². The van der Waals surface area contributed by atoms with E-state index in [9.17, 15) is 18.8 Å². The third kappa shape index (κ3) is 2.90. The molecule has 1 atom stereocenters. The minimum absolute atomic E-state index is 0.262. The first-order valence-electron chi connectivity index (χ1n) is 7.43. The topological polar surface area (TPSA) is 66.5 Å². The van der Waals surface area contributed by atoms with Crippen LogP contribution >= 0.6 is 0 Å². The Labute approximate surface area is 138 Å². The number of hydrogen-bond donors (Lipinski definition) is 1. The molecule has 1 unspecified atom stereocenters. The smallest absolute Gasteiger partial charge is 0.322 e. The molecule has 6 heteroatoms. The molecule has 0 spiro atoms. The molecule has 5 nitrogen and oxygen atoms in total. The first kappa shape index (κ1) is 15.9. The van der Waals surface area contributed by atoms with Crippen molar-refractivity contribution in [2.75, 3.05) is 6.54 Å². The lowest BCUT2D eigenvalue weighted by Crippen LogP contribution is -2.35. The Kier molecular flexibility index (Phi) is 4.12. The minimum Gasteiger partial charge on any atom is -0.322 e. The van der Waals surface area contributed by atoms with Gasteiger partial charge in [0.1, 0.15) is 11.9 Å². The Balaban J connectivity index is 1.77. The van der Waals surface area contributed by atoms with Gasteiger partial charge in [0, 0.05) is 5.56 Å². The summed E-state index contributed by atoms with van der Waals surface area (Å²) in [5.74, 6) is -1.31. The third-order valence-electron chi connectivity index (χ3n) is 3.94. The molecule has 2 aromatic rings. The van der Waals surface area contributed by atoms with Crippen LogP contribution in [0.2, 0.25) is 0 Å². The van der Waals surface area contributed by atoms with Gasteiger partial charge in [0.15, 0.2) is 5.78 Å². The van der Waals surface area contributed by atoms with Crippen molar-refractivity contribution in [3.05, 3.63) is 71.0 Å². The number of hydrogen-bond acceptors (Lipinski definition) is 3. The molecule has 1 aliphatic rings. The van der Waals surface area contributed by atoms with Crippen LogP contribution in [0.5, 0.6) is 0 Å². The number of halogens is 1. The van der Waals surface area contributed by atoms with Gasteiger partial charge in [-0.15, -0.1) is 0 Å². The molecule has 3 rings (SSSR count). The van der Waals surface area contributed by atoms with Crippen molar-refractivity contribution >= 4 is 17.7 Å². The van der Waals surface area contributed by atoms with E-state index in [1.165, 1.54) is 18.2 Å². The highest BCUT2D eigenvalue weighted by atomic mass is 19.1. The van der Waals surface area contributed by atoms with Crippen molar-refractivity contribution in [3.63, 3.8) is 0 Å². The van der Waals surface area contributed by atoms with Crippen molar-refractivity contribution in [2.45, 2.75) is 13.0 Å². The van der Waals surface area contributed by atoms with Gasteiger partial charge in [-0.25, -0.2) is 9.18 Å². The molecule has 1 N–H and O–H groups in total. The molecule has 0 saturated carbocycles. The van der Waals surface area contributed by atoms with Crippen LogP contribution in [0.15, 0.2) is 48.5 Å². The fourth-order valence-corrected chi connectivity index (χ4v) is 2.59. The summed E-state index contributed by atoms with van der Waals surface area (Å²) in [7, 11) is 0. The van der Waals surface area contributed by atoms with Gasteiger partial charge < -0.3 is 5.32 Å². The summed E-state index contributed by atoms with van der Waals surface area (Å²) in [5, 5.41) is 2.57. The van der Waals surface area contributed by atoms with Crippen LogP contribution in [0.3, 0.4) is 0 Å². The summed E-state index contributed by atoms with van der Waals surface area (Å²) in [6, 6.07) is 11.4. The third-order valence-corrected chi connectivity index (χ3v) is 3.94. The number of ketones is 1. The Morgan fingerprint density at radius 1 is 1.17 bits per heavy atom. The van der Waals surface area contributed by atoms with Gasteiger partial charge in [-0.1, -0.05) is 30.3 Å². The average Bonchev–Trinajstić information content (AvgIpc) is 2.86. The normalized spacial score (nSPS) is 17.1. The molecule has 1 saturated heterocycles. The summed E-state index contributed by atoms with van der Waals surface area (Å²) in [6.07, 6.45) is 0. The van der Waals surface area contributed by atoms with Crippen LogP contribution < -0.4 is 5.32 Å². The number of benzene rings is 2. The second-order valence-electron chi connectivity index (χ2n) is 5.60. The largest absolute Gasteiger partial charge is 0.325 e. The van der Waals surface area contributed by atoms with Crippen LogP contribution in [0, 0.1) is 12.7 Å². The van der Waals surface area contributed by atoms with E-state index in [1.807, 2.05) is 6.07 Å². The molecule has 0 bridgehead atoms. The highest BCUT2D eigenvalue weighted by molar-refractivity contribution is 6.09. The van der Waals surface area contributed by atoms with Crippen LogP contribution in [-0.2, 0) is 4.79 Å². The monoisotopic (exact) mass is 326 g/mol. The standard InChI is InChI=1S/C18H15FN2O3/c1-11-9-13(7-8-14(11)19)15(22)10-21-17(23)16(20-18(21)24)12-5-3-2-4-6-12/h2-9,16H,10H2,1H3,(H,20,24). The molecule has 2 aromatic carbocycles. The number of rotatable bonds is 4. The molecule has 3 amide bonds. The van der Waals surface area contributed by atoms with Crippen LogP contribution in [-0.4, -0.2) is 29.2 Å². The maximum Gasteiger partial charge on any atom is 0.325 e. The number of carbonyl (C=O) groups is 3. The van der Waals surface area contributed by atoms with E-state index in [2.05, 4.69) is 5.32 Å². The van der Waals surface area contributed by atoms with Gasteiger partial charge in [0.25, 0.3) is 5.91 Å². The van der Waals surface area contributed by atoms with Gasteiger partial charge >= 0.3 is 6.03 Å². The van der Waals surface area contributed by atoms with Gasteiger partial charge in [-0.3, -0.25) is 14.5 Å². The molecule has 0 aromatic heterocycles. The number of nitrogens with one attached hydrogen (secondary N) is 1. The summed E-state index contributed by atoms with van der Waals surface area (Å²) in [6.45, 7) is 1.17. The first-order chi connectivity index (χ1) is 11.5. The van der Waals surface area contributed by atoms with Crippen molar-refractivity contribution in [1.29, 1.82) is 0 Å². The molecule has 1 aliphatic heterocycles. The predicted octanol–water partition coefficient (Wildman–Crippen LogP) is 2.61. The van der Waals surface area contributed by atoms with Crippen molar-refractivity contribution in [3.8, 4) is 0 Å². The number of urea groups is 1. The molecular formula is C18H15FN2O3. The predicted molar refractivity (Wildman–Crippen MR) is 84.9 cm³/mol. The van der Waals surface area contributed by atoms with E-state index in [0.717, 1.165) is 4.90 Å². The number of amides is 3. The van der Waals surface area contributed by atoms with E-state index in [0.29, 0.717) is 11.1 Å². The second-order valence-corrected chi connectivity index (χ2v) is 5.60. The summed E-state index contributed by atoms with van der Waals surface area (Å²) < 4.78 is 13.3. The number of carbonyl (C=O) groups excluding carboxylic acids is 3. The Morgan fingerprint density at radius 2 is 1.88 bits per heavy atom. The van der Waals surface area contributed by atoms with Gasteiger partial charge in [0.05, 0.1) is 6.54 Å². The highest BCUT2D eigenvalue weighted by Crippen LogP contribution is 2.22. The van der Waals surface area contributed by atoms with E-state index in [4.69, 9.17) is 0 Å². The van der Waals surface area contributed by atoms with Crippen LogP contribution in [0.4, 0.5) is 9.18 Å². The number of imide groups is 1. The van der Waals surface area contributed by atoms with E-state index >= 15 is 0 Å². The van der Waals surface area contributed by atoms with Crippen LogP contribution in [0.25, 0.3) is 0 Å². The van der Waals surface area contributed by atoms with Crippen LogP contribution in [0.1, 0.15) is 27.5 Å². The average molecular weight is 326 g/mol. The summed E-state index contributed by atoms with van der Waals surface area (Å²) in [5.41, 5.74) is 1.25. The quantitative estimate of drug-likeness (QED) is 0.694. The zero-order chi connectivity index (χ0) is 17.3. The first-order valence-corrected chi connectivity index (χ1v) is 7.43. The lowest BCUT2D eigenvalue weighted by Gasteiger charge is -2.12. The van der Waals surface area contributed by atoms with E-state index in [1.54, 1.807) is 31.2 Å². The van der Waals surface area contributed by atoms with Crippen molar-refractivity contribution in [2.24, 2.45) is 0 Å². The number of nitrogens with zero attached hydrogens (tertiary/aromatic N) is 1. The minimum atomic E-state index is -0.790. The fourth-order valence-electron chi connectivity index (χ4n) is 2.59. The molecular weight excluding hydrogens is 311 g/mol. The fraction of sp³-hybridized carbons (Fsp3) is 0.167. The molecule has 122 valence electrons. The maximum atomic E-state index is 13.3. The van der Waals surface area contributed by atoms with Gasteiger partial charge in [-0.2, -0.15) is 0 Å². The highest BCUT2D eigenvalue weighted by Gasteiger charge is 2.39. The van der Waals surface area contributed by atoms with Crippen molar-refractivity contribution < 1.29 is 18.8 Å². The van der Waals surface area contributed by atoms with Crippen molar-refractivity contribution in [1.82, 2.24) is 10.2 Å². The van der Waals surface area contributed by atoms with Gasteiger partial charge in [-0.05, 0) is 36.2 Å². The molecule has 1 heterocycles. The number of Topliss-reactive ketones (excluding diaryl/α,β-unsaturated/α-hetero) is 1. The Hall–Kier alpha value is -3.02. The lowest BCUT2D eigenvalue weighted by atomic mass is 10.1. The summed E-state index contributed by atoms with van der Waals surface area (Å²) in [4.78, 5) is 37.7. The molecule has 1 fully saturated rings.